The van der Waals surface area contributed by atoms with Crippen LogP contribution in [-0.2, 0) is 5.41 Å². The van der Waals surface area contributed by atoms with Crippen LogP contribution in [0.25, 0.3) is 11.3 Å². The van der Waals surface area contributed by atoms with E-state index in [-0.39, 0.29) is 11.3 Å². The Bertz CT molecular complexity index is 940. The summed E-state index contributed by atoms with van der Waals surface area (Å²) in [6, 6.07) is 15.4. The van der Waals surface area contributed by atoms with E-state index in [1.807, 2.05) is 36.4 Å². The number of aliphatic hydroxyl groups is 1. The minimum absolute atomic E-state index is 0.0561. The number of hydrogen-bond donors (Lipinski definition) is 2. The number of nitrogens with one attached hydrogen (secondary N) is 1. The van der Waals surface area contributed by atoms with Crippen LogP contribution in [0.2, 0.25) is 0 Å². The number of amides is 1. The van der Waals surface area contributed by atoms with E-state index < -0.39 is 6.10 Å². The van der Waals surface area contributed by atoms with Gasteiger partial charge in [0.05, 0.1) is 6.10 Å². The Labute approximate surface area is 168 Å². The Kier molecular flexibility index (Phi) is 5.33. The summed E-state index contributed by atoms with van der Waals surface area (Å²) >= 11 is 1.65. The third kappa shape index (κ3) is 3.75. The molecule has 1 aliphatic carbocycles. The highest BCUT2D eigenvalue weighted by molar-refractivity contribution is 7.12. The van der Waals surface area contributed by atoms with Gasteiger partial charge in [0, 0.05) is 33.3 Å². The molecule has 1 aliphatic rings. The van der Waals surface area contributed by atoms with Gasteiger partial charge in [-0.25, -0.2) is 0 Å². The molecule has 0 spiro atoms. The van der Waals surface area contributed by atoms with E-state index >= 15 is 0 Å². The predicted octanol–water partition coefficient (Wildman–Crippen LogP) is 4.70. The molecular formula is C22H24N2O3S. The lowest BCUT2D eigenvalue weighted by Gasteiger charge is -2.28. The number of aromatic nitrogens is 1. The van der Waals surface area contributed by atoms with Gasteiger partial charge in [-0.2, -0.15) is 0 Å². The van der Waals surface area contributed by atoms with Gasteiger partial charge in [0.1, 0.15) is 0 Å². The number of carbonyl (C=O) groups is 1. The van der Waals surface area contributed by atoms with E-state index in [2.05, 4.69) is 16.5 Å². The standard InChI is InChI=1S/C22H24N2O3S/c1-15(25)19-9-10-20(28-19)22(11-5-6-12-22)14-23-21(26)17-13-18(27-24-17)16-7-3-2-4-8-16/h2-4,7-10,13,15,25H,5-6,11-12,14H2,1H3,(H,23,26)/t15-/m0/s1. The Morgan fingerprint density at radius 2 is 2.00 bits per heavy atom. The van der Waals surface area contributed by atoms with E-state index in [4.69, 9.17) is 4.52 Å². The molecule has 0 radical (unpaired) electrons. The van der Waals surface area contributed by atoms with Crippen LogP contribution in [0.5, 0.6) is 0 Å². The molecule has 2 N–H and O–H groups in total. The third-order valence-corrected chi connectivity index (χ3v) is 7.01. The van der Waals surface area contributed by atoms with Crippen LogP contribution in [0.15, 0.2) is 53.1 Å². The van der Waals surface area contributed by atoms with Crippen molar-refractivity contribution in [1.82, 2.24) is 10.5 Å². The lowest BCUT2D eigenvalue weighted by Crippen LogP contribution is -2.38. The predicted molar refractivity (Wildman–Crippen MR) is 109 cm³/mol. The van der Waals surface area contributed by atoms with Crippen LogP contribution in [0.1, 0.15) is 59.0 Å². The molecule has 0 bridgehead atoms. The van der Waals surface area contributed by atoms with Gasteiger partial charge in [-0.1, -0.05) is 48.3 Å². The fraction of sp³-hybridized carbons (Fsp3) is 0.364. The minimum Gasteiger partial charge on any atom is -0.388 e. The van der Waals surface area contributed by atoms with Crippen molar-refractivity contribution in [3.8, 4) is 11.3 Å². The molecule has 28 heavy (non-hydrogen) atoms. The normalized spacial score (nSPS) is 16.8. The van der Waals surface area contributed by atoms with Crippen molar-refractivity contribution < 1.29 is 14.4 Å². The Hall–Kier alpha value is -2.44. The SMILES string of the molecule is C[C@H](O)c1ccc(C2(CNC(=O)c3cc(-c4ccccc4)on3)CCCC2)s1. The first kappa shape index (κ1) is 18.9. The fourth-order valence-corrected chi connectivity index (χ4v) is 5.07. The number of aliphatic hydroxyl groups excluding tert-OH is 1. The highest BCUT2D eigenvalue weighted by Gasteiger charge is 2.37. The first-order chi connectivity index (χ1) is 13.6. The van der Waals surface area contributed by atoms with Gasteiger partial charge in [0.2, 0.25) is 0 Å². The van der Waals surface area contributed by atoms with Crippen LogP contribution < -0.4 is 5.32 Å². The molecule has 2 aromatic heterocycles. The van der Waals surface area contributed by atoms with Crippen LogP contribution in [0.4, 0.5) is 0 Å². The number of hydrogen-bond acceptors (Lipinski definition) is 5. The van der Waals surface area contributed by atoms with Crippen molar-refractivity contribution in [2.75, 3.05) is 6.54 Å². The highest BCUT2D eigenvalue weighted by Crippen LogP contribution is 2.44. The number of rotatable bonds is 6. The summed E-state index contributed by atoms with van der Waals surface area (Å²) in [5, 5.41) is 16.9. The summed E-state index contributed by atoms with van der Waals surface area (Å²) < 4.78 is 5.35. The van der Waals surface area contributed by atoms with Gasteiger partial charge >= 0.3 is 0 Å². The first-order valence-electron chi connectivity index (χ1n) is 9.66. The third-order valence-electron chi connectivity index (χ3n) is 5.51. The van der Waals surface area contributed by atoms with Crippen LogP contribution in [0.3, 0.4) is 0 Å². The maximum atomic E-state index is 12.7. The Morgan fingerprint density at radius 1 is 1.25 bits per heavy atom. The zero-order chi connectivity index (χ0) is 19.6. The molecule has 146 valence electrons. The molecule has 4 rings (SSSR count). The molecule has 0 aliphatic heterocycles. The average molecular weight is 397 g/mol. The van der Waals surface area contributed by atoms with Crippen molar-refractivity contribution in [2.45, 2.75) is 44.1 Å². The zero-order valence-corrected chi connectivity index (χ0v) is 16.7. The quantitative estimate of drug-likeness (QED) is 0.633. The molecule has 1 fully saturated rings. The van der Waals surface area contributed by atoms with Crippen LogP contribution in [0, 0.1) is 0 Å². The molecule has 3 aromatic rings. The molecular weight excluding hydrogens is 372 g/mol. The first-order valence-corrected chi connectivity index (χ1v) is 10.5. The van der Waals surface area contributed by atoms with E-state index in [0.29, 0.717) is 18.0 Å². The second-order valence-electron chi connectivity index (χ2n) is 7.49. The zero-order valence-electron chi connectivity index (χ0n) is 15.9. The lowest BCUT2D eigenvalue weighted by atomic mass is 9.84. The maximum absolute atomic E-state index is 12.7. The second kappa shape index (κ2) is 7.89. The summed E-state index contributed by atoms with van der Waals surface area (Å²) in [5.41, 5.74) is 1.13. The van der Waals surface area contributed by atoms with E-state index in [0.717, 1.165) is 36.1 Å². The lowest BCUT2D eigenvalue weighted by molar-refractivity contribution is 0.0934. The Morgan fingerprint density at radius 3 is 2.68 bits per heavy atom. The highest BCUT2D eigenvalue weighted by atomic mass is 32.1. The van der Waals surface area contributed by atoms with Crippen molar-refractivity contribution in [1.29, 1.82) is 0 Å². The molecule has 6 heteroatoms. The smallest absolute Gasteiger partial charge is 0.273 e. The maximum Gasteiger partial charge on any atom is 0.273 e. The number of benzene rings is 1. The monoisotopic (exact) mass is 396 g/mol. The molecule has 0 unspecified atom stereocenters. The van der Waals surface area contributed by atoms with Crippen LogP contribution in [-0.4, -0.2) is 22.7 Å². The molecule has 1 amide bonds. The van der Waals surface area contributed by atoms with Gasteiger partial charge < -0.3 is 14.9 Å². The molecule has 2 heterocycles. The summed E-state index contributed by atoms with van der Waals surface area (Å²) in [4.78, 5) is 14.9. The second-order valence-corrected chi connectivity index (χ2v) is 8.61. The van der Waals surface area contributed by atoms with E-state index in [1.165, 1.54) is 4.88 Å². The van der Waals surface area contributed by atoms with Gasteiger partial charge in [-0.3, -0.25) is 4.79 Å². The summed E-state index contributed by atoms with van der Waals surface area (Å²) in [7, 11) is 0. The molecule has 5 nitrogen and oxygen atoms in total. The molecule has 1 aromatic carbocycles. The molecule has 0 saturated heterocycles. The largest absolute Gasteiger partial charge is 0.388 e. The topological polar surface area (TPSA) is 75.4 Å². The van der Waals surface area contributed by atoms with E-state index in [1.54, 1.807) is 24.3 Å². The number of carbonyl (C=O) groups excluding carboxylic acids is 1. The van der Waals surface area contributed by atoms with Gasteiger partial charge in [-0.15, -0.1) is 11.3 Å². The summed E-state index contributed by atoms with van der Waals surface area (Å²) in [5.74, 6) is 0.366. The van der Waals surface area contributed by atoms with Crippen molar-refractivity contribution in [2.24, 2.45) is 0 Å². The Balaban J connectivity index is 1.47. The van der Waals surface area contributed by atoms with E-state index in [9.17, 15) is 9.90 Å². The molecule has 1 atom stereocenters. The van der Waals surface area contributed by atoms with Gasteiger partial charge in [0.25, 0.3) is 5.91 Å². The minimum atomic E-state index is -0.460. The summed E-state index contributed by atoms with van der Waals surface area (Å²) in [6.07, 6.45) is 3.93. The average Bonchev–Trinajstić information content (AvgIpc) is 3.47. The van der Waals surface area contributed by atoms with Crippen molar-refractivity contribution in [3.05, 3.63) is 64.0 Å². The van der Waals surface area contributed by atoms with Gasteiger partial charge in [0.15, 0.2) is 11.5 Å². The number of thiophene rings is 1. The van der Waals surface area contributed by atoms with Crippen molar-refractivity contribution >= 4 is 17.2 Å². The van der Waals surface area contributed by atoms with Crippen LogP contribution >= 0.6 is 11.3 Å². The van der Waals surface area contributed by atoms with Gasteiger partial charge in [-0.05, 0) is 31.9 Å². The number of nitrogens with zero attached hydrogens (tertiary/aromatic N) is 1. The van der Waals surface area contributed by atoms with Crippen molar-refractivity contribution in [3.63, 3.8) is 0 Å². The fourth-order valence-electron chi connectivity index (χ4n) is 3.89. The summed E-state index contributed by atoms with van der Waals surface area (Å²) in [6.45, 7) is 2.35. The molecule has 1 saturated carbocycles.